The Balaban J connectivity index is 2.92. The summed E-state index contributed by atoms with van der Waals surface area (Å²) in [5.74, 6) is 2.01. The molecule has 0 aliphatic heterocycles. The van der Waals surface area contributed by atoms with Gasteiger partial charge < -0.3 is 10.6 Å². The van der Waals surface area contributed by atoms with Crippen molar-refractivity contribution in [3.8, 4) is 0 Å². The van der Waals surface area contributed by atoms with Crippen molar-refractivity contribution in [1.29, 1.82) is 0 Å². The lowest BCUT2D eigenvalue weighted by Crippen LogP contribution is -2.38. The summed E-state index contributed by atoms with van der Waals surface area (Å²) >= 11 is 0. The molecule has 0 saturated carbocycles. The fraction of sp³-hybridized carbons (Fsp3) is 0.692. The normalized spacial score (nSPS) is 11.2. The van der Waals surface area contributed by atoms with Crippen molar-refractivity contribution in [3.63, 3.8) is 0 Å². The van der Waals surface area contributed by atoms with Crippen molar-refractivity contribution in [2.75, 3.05) is 17.2 Å². The van der Waals surface area contributed by atoms with Crippen LogP contribution in [0, 0.1) is 5.92 Å². The molecular weight excluding hydrogens is 212 g/mol. The van der Waals surface area contributed by atoms with E-state index in [1.807, 2.05) is 12.1 Å². The Bertz CT molecular complexity index is 317. The molecule has 0 amide bonds. The molecule has 0 atom stereocenters. The largest absolute Gasteiger partial charge is 0.382 e. The molecule has 4 heteroatoms. The Labute approximate surface area is 104 Å². The summed E-state index contributed by atoms with van der Waals surface area (Å²) in [5.41, 5.74) is 5.58. The minimum Gasteiger partial charge on any atom is -0.382 e. The molecule has 17 heavy (non-hydrogen) atoms. The van der Waals surface area contributed by atoms with Gasteiger partial charge in [0.05, 0.1) is 0 Å². The minimum absolute atomic E-state index is 0.475. The number of nitrogens with two attached hydrogens (primary N) is 1. The second-order valence-corrected chi connectivity index (χ2v) is 4.83. The number of hydrogen-bond donors (Lipinski definition) is 1. The van der Waals surface area contributed by atoms with E-state index in [1.54, 1.807) is 0 Å². The quantitative estimate of drug-likeness (QED) is 0.825. The number of aromatic nitrogens is 2. The van der Waals surface area contributed by atoms with Crippen molar-refractivity contribution in [1.82, 2.24) is 10.2 Å². The third-order valence-corrected chi connectivity index (χ3v) is 2.91. The highest BCUT2D eigenvalue weighted by molar-refractivity contribution is 5.42. The molecule has 0 fully saturated rings. The van der Waals surface area contributed by atoms with Crippen LogP contribution in [0.25, 0.3) is 0 Å². The van der Waals surface area contributed by atoms with Gasteiger partial charge in [-0.05, 0) is 30.9 Å². The van der Waals surface area contributed by atoms with Crippen molar-refractivity contribution >= 4 is 11.6 Å². The van der Waals surface area contributed by atoms with Gasteiger partial charge in [-0.3, -0.25) is 0 Å². The number of nitrogens with zero attached hydrogens (tertiary/aromatic N) is 3. The monoisotopic (exact) mass is 236 g/mol. The Morgan fingerprint density at radius 1 is 1.18 bits per heavy atom. The summed E-state index contributed by atoms with van der Waals surface area (Å²) in [5, 5.41) is 8.14. The Hall–Kier alpha value is -1.32. The maximum atomic E-state index is 5.58. The lowest BCUT2D eigenvalue weighted by molar-refractivity contribution is 0.501. The first-order valence-corrected chi connectivity index (χ1v) is 6.44. The molecule has 0 aliphatic carbocycles. The van der Waals surface area contributed by atoms with E-state index >= 15 is 0 Å². The molecule has 1 aromatic heterocycles. The Morgan fingerprint density at radius 2 is 1.82 bits per heavy atom. The van der Waals surface area contributed by atoms with Crippen LogP contribution in [0.4, 0.5) is 11.6 Å². The molecule has 0 saturated heterocycles. The summed E-state index contributed by atoms with van der Waals surface area (Å²) < 4.78 is 0. The summed E-state index contributed by atoms with van der Waals surface area (Å²) in [6.07, 6.45) is 2.24. The fourth-order valence-corrected chi connectivity index (χ4v) is 2.04. The molecule has 0 aliphatic rings. The average Bonchev–Trinajstić information content (AvgIpc) is 2.30. The van der Waals surface area contributed by atoms with E-state index in [2.05, 4.69) is 42.8 Å². The first-order valence-electron chi connectivity index (χ1n) is 6.44. The van der Waals surface area contributed by atoms with Gasteiger partial charge in [0.1, 0.15) is 5.82 Å². The van der Waals surface area contributed by atoms with Crippen molar-refractivity contribution < 1.29 is 0 Å². The van der Waals surface area contributed by atoms with Crippen LogP contribution in [0.3, 0.4) is 0 Å². The molecule has 0 aromatic carbocycles. The summed E-state index contributed by atoms with van der Waals surface area (Å²) in [6.45, 7) is 9.88. The topological polar surface area (TPSA) is 55.0 Å². The second kappa shape index (κ2) is 6.42. The van der Waals surface area contributed by atoms with Gasteiger partial charge in [-0.15, -0.1) is 10.2 Å². The maximum Gasteiger partial charge on any atom is 0.151 e. The Kier molecular flexibility index (Phi) is 5.19. The Morgan fingerprint density at radius 3 is 2.24 bits per heavy atom. The lowest BCUT2D eigenvalue weighted by Gasteiger charge is -2.32. The maximum absolute atomic E-state index is 5.58. The molecule has 0 bridgehead atoms. The first-order chi connectivity index (χ1) is 8.08. The van der Waals surface area contributed by atoms with E-state index in [1.165, 1.54) is 0 Å². The van der Waals surface area contributed by atoms with Crippen LogP contribution in [0.5, 0.6) is 0 Å². The SMILES string of the molecule is CCC(CC)N(CC(C)C)c1ccc(N)nn1. The summed E-state index contributed by atoms with van der Waals surface area (Å²) in [4.78, 5) is 2.34. The average molecular weight is 236 g/mol. The molecule has 0 spiro atoms. The van der Waals surface area contributed by atoms with Gasteiger partial charge in [-0.2, -0.15) is 0 Å². The van der Waals surface area contributed by atoms with Crippen LogP contribution >= 0.6 is 0 Å². The van der Waals surface area contributed by atoms with Crippen LogP contribution < -0.4 is 10.6 Å². The van der Waals surface area contributed by atoms with Crippen LogP contribution in [-0.2, 0) is 0 Å². The van der Waals surface area contributed by atoms with Gasteiger partial charge in [0.25, 0.3) is 0 Å². The molecule has 0 radical (unpaired) electrons. The van der Waals surface area contributed by atoms with E-state index in [0.29, 0.717) is 17.8 Å². The van der Waals surface area contributed by atoms with Crippen LogP contribution in [0.1, 0.15) is 40.5 Å². The molecule has 1 heterocycles. The fourth-order valence-electron chi connectivity index (χ4n) is 2.04. The highest BCUT2D eigenvalue weighted by Gasteiger charge is 2.18. The number of rotatable bonds is 6. The van der Waals surface area contributed by atoms with Gasteiger partial charge in [0, 0.05) is 12.6 Å². The second-order valence-electron chi connectivity index (χ2n) is 4.83. The smallest absolute Gasteiger partial charge is 0.151 e. The number of anilines is 2. The van der Waals surface area contributed by atoms with Gasteiger partial charge in [0.2, 0.25) is 0 Å². The number of nitrogen functional groups attached to an aromatic ring is 1. The van der Waals surface area contributed by atoms with Crippen molar-refractivity contribution in [2.24, 2.45) is 5.92 Å². The summed E-state index contributed by atoms with van der Waals surface area (Å²) in [7, 11) is 0. The lowest BCUT2D eigenvalue weighted by atomic mass is 10.1. The first kappa shape index (κ1) is 13.7. The van der Waals surface area contributed by atoms with Crippen molar-refractivity contribution in [2.45, 2.75) is 46.6 Å². The molecular formula is C13H24N4. The standard InChI is InChI=1S/C13H24N4/c1-5-11(6-2)17(9-10(3)4)13-8-7-12(14)15-16-13/h7-8,10-11H,5-6,9H2,1-4H3,(H2,14,15). The van der Waals surface area contributed by atoms with Crippen molar-refractivity contribution in [3.05, 3.63) is 12.1 Å². The third kappa shape index (κ3) is 3.88. The van der Waals surface area contributed by atoms with Gasteiger partial charge in [-0.25, -0.2) is 0 Å². The molecule has 96 valence electrons. The molecule has 0 unspecified atom stereocenters. The molecule has 4 nitrogen and oxygen atoms in total. The third-order valence-electron chi connectivity index (χ3n) is 2.91. The zero-order chi connectivity index (χ0) is 12.8. The predicted molar refractivity (Wildman–Crippen MR) is 73.0 cm³/mol. The zero-order valence-electron chi connectivity index (χ0n) is 11.3. The summed E-state index contributed by atoms with van der Waals surface area (Å²) in [6, 6.07) is 4.30. The highest BCUT2D eigenvalue weighted by atomic mass is 15.3. The molecule has 1 aromatic rings. The van der Waals surface area contributed by atoms with Gasteiger partial charge in [-0.1, -0.05) is 27.7 Å². The van der Waals surface area contributed by atoms with Gasteiger partial charge >= 0.3 is 0 Å². The highest BCUT2D eigenvalue weighted by Crippen LogP contribution is 2.19. The van der Waals surface area contributed by atoms with Crippen LogP contribution in [-0.4, -0.2) is 22.8 Å². The minimum atomic E-state index is 0.475. The molecule has 1 rings (SSSR count). The predicted octanol–water partition coefficient (Wildman–Crippen LogP) is 2.71. The molecule has 2 N–H and O–H groups in total. The van der Waals surface area contributed by atoms with E-state index in [4.69, 9.17) is 5.73 Å². The zero-order valence-corrected chi connectivity index (χ0v) is 11.3. The van der Waals surface area contributed by atoms with E-state index < -0.39 is 0 Å². The van der Waals surface area contributed by atoms with Gasteiger partial charge in [0.15, 0.2) is 5.82 Å². The number of hydrogen-bond acceptors (Lipinski definition) is 4. The van der Waals surface area contributed by atoms with Crippen LogP contribution in [0.15, 0.2) is 12.1 Å². The van der Waals surface area contributed by atoms with E-state index in [9.17, 15) is 0 Å². The van der Waals surface area contributed by atoms with Crippen LogP contribution in [0.2, 0.25) is 0 Å². The van der Waals surface area contributed by atoms with E-state index in [-0.39, 0.29) is 0 Å². The van der Waals surface area contributed by atoms with E-state index in [0.717, 1.165) is 25.2 Å².